The highest BCUT2D eigenvalue weighted by Gasteiger charge is 2.20. The maximum Gasteiger partial charge on any atom is 0.407 e. The quantitative estimate of drug-likeness (QED) is 0.401. The lowest BCUT2D eigenvalue weighted by atomic mass is 9.99. The van der Waals surface area contributed by atoms with Gasteiger partial charge in [0.1, 0.15) is 11.7 Å². The Morgan fingerprint density at radius 2 is 1.69 bits per heavy atom. The zero-order valence-electron chi connectivity index (χ0n) is 17.4. The first-order valence-electron chi connectivity index (χ1n) is 9.65. The van der Waals surface area contributed by atoms with E-state index in [2.05, 4.69) is 5.32 Å². The lowest BCUT2D eigenvalue weighted by molar-refractivity contribution is -0.143. The maximum absolute atomic E-state index is 12.1. The van der Waals surface area contributed by atoms with Crippen LogP contribution >= 0.6 is 0 Å². The minimum atomic E-state index is -1.17. The van der Waals surface area contributed by atoms with Crippen molar-refractivity contribution in [3.8, 4) is 0 Å². The Kier molecular flexibility index (Phi) is 9.77. The van der Waals surface area contributed by atoms with Crippen LogP contribution in [0.4, 0.5) is 4.79 Å². The minimum Gasteiger partial charge on any atom is -0.466 e. The molecule has 8 heteroatoms. The molecule has 1 aromatic rings. The van der Waals surface area contributed by atoms with Crippen LogP contribution in [0.3, 0.4) is 0 Å². The van der Waals surface area contributed by atoms with E-state index in [0.717, 1.165) is 0 Å². The SMILES string of the molecule is CCOC(=O)CCC(=O)c1ccc(C(O)C(O)CCNC(=O)OC(C)(C)C)cc1. The monoisotopic (exact) mass is 409 g/mol. The van der Waals surface area contributed by atoms with Gasteiger partial charge in [0.2, 0.25) is 0 Å². The third kappa shape index (κ3) is 9.54. The molecule has 0 aliphatic heterocycles. The zero-order chi connectivity index (χ0) is 22.0. The van der Waals surface area contributed by atoms with Crippen molar-refractivity contribution < 1.29 is 34.1 Å². The van der Waals surface area contributed by atoms with Crippen molar-refractivity contribution in [2.45, 2.75) is 64.8 Å². The van der Waals surface area contributed by atoms with Crippen LogP contribution in [0.15, 0.2) is 24.3 Å². The first-order valence-corrected chi connectivity index (χ1v) is 9.65. The molecule has 0 aromatic heterocycles. The molecule has 0 saturated heterocycles. The average molecular weight is 409 g/mol. The number of esters is 1. The Morgan fingerprint density at radius 1 is 1.07 bits per heavy atom. The first-order chi connectivity index (χ1) is 13.5. The van der Waals surface area contributed by atoms with Gasteiger partial charge in [-0.15, -0.1) is 0 Å². The van der Waals surface area contributed by atoms with E-state index in [9.17, 15) is 24.6 Å². The van der Waals surface area contributed by atoms with Crippen LogP contribution in [0.5, 0.6) is 0 Å². The molecule has 1 amide bonds. The molecule has 8 nitrogen and oxygen atoms in total. The Labute approximate surface area is 171 Å². The van der Waals surface area contributed by atoms with Gasteiger partial charge in [0.15, 0.2) is 5.78 Å². The van der Waals surface area contributed by atoms with Gasteiger partial charge in [-0.05, 0) is 39.7 Å². The number of ether oxygens (including phenoxy) is 2. The van der Waals surface area contributed by atoms with Gasteiger partial charge in [0, 0.05) is 18.5 Å². The van der Waals surface area contributed by atoms with Crippen molar-refractivity contribution >= 4 is 17.8 Å². The number of aliphatic hydroxyl groups excluding tert-OH is 2. The summed E-state index contributed by atoms with van der Waals surface area (Å²) in [5.41, 5.74) is 0.237. The van der Waals surface area contributed by atoms with E-state index in [0.29, 0.717) is 11.1 Å². The summed E-state index contributed by atoms with van der Waals surface area (Å²) in [6.45, 7) is 7.35. The molecular weight excluding hydrogens is 378 g/mol. The number of rotatable bonds is 10. The number of carbonyl (C=O) groups is 3. The zero-order valence-corrected chi connectivity index (χ0v) is 17.4. The summed E-state index contributed by atoms with van der Waals surface area (Å²) in [5, 5.41) is 22.9. The Morgan fingerprint density at radius 3 is 2.24 bits per heavy atom. The predicted octanol–water partition coefficient (Wildman–Crippen LogP) is 2.52. The second kappa shape index (κ2) is 11.5. The van der Waals surface area contributed by atoms with Crippen molar-refractivity contribution in [2.24, 2.45) is 0 Å². The van der Waals surface area contributed by atoms with Crippen LogP contribution in [0.2, 0.25) is 0 Å². The summed E-state index contributed by atoms with van der Waals surface area (Å²) < 4.78 is 9.88. The van der Waals surface area contributed by atoms with Crippen molar-refractivity contribution in [3.05, 3.63) is 35.4 Å². The van der Waals surface area contributed by atoms with E-state index in [1.165, 1.54) is 12.1 Å². The molecule has 29 heavy (non-hydrogen) atoms. The highest BCUT2D eigenvalue weighted by molar-refractivity contribution is 5.97. The molecule has 0 saturated carbocycles. The molecule has 0 heterocycles. The number of amides is 1. The number of hydrogen-bond donors (Lipinski definition) is 3. The lowest BCUT2D eigenvalue weighted by Crippen LogP contribution is -2.34. The van der Waals surface area contributed by atoms with Crippen LogP contribution in [-0.2, 0) is 14.3 Å². The molecule has 0 aliphatic carbocycles. The van der Waals surface area contributed by atoms with Gasteiger partial charge in [-0.1, -0.05) is 24.3 Å². The third-order valence-corrected chi connectivity index (χ3v) is 3.91. The van der Waals surface area contributed by atoms with Crippen LogP contribution < -0.4 is 5.32 Å². The molecule has 0 aliphatic rings. The molecule has 1 aromatic carbocycles. The summed E-state index contributed by atoms with van der Waals surface area (Å²) >= 11 is 0. The number of benzene rings is 1. The van der Waals surface area contributed by atoms with Crippen LogP contribution in [0.1, 0.15) is 69.0 Å². The van der Waals surface area contributed by atoms with E-state index in [4.69, 9.17) is 9.47 Å². The summed E-state index contributed by atoms with van der Waals surface area (Å²) in [7, 11) is 0. The fraction of sp³-hybridized carbons (Fsp3) is 0.571. The molecule has 2 atom stereocenters. The normalized spacial score (nSPS) is 13.3. The molecule has 0 radical (unpaired) electrons. The van der Waals surface area contributed by atoms with Crippen LogP contribution in [-0.4, -0.2) is 52.9 Å². The van der Waals surface area contributed by atoms with Crippen LogP contribution in [0, 0.1) is 0 Å². The standard InChI is InChI=1S/C21H31NO7/c1-5-28-18(25)11-10-16(23)14-6-8-15(9-7-14)19(26)17(24)12-13-22-20(27)29-21(2,3)4/h6-9,17,19,24,26H,5,10-13H2,1-4H3,(H,22,27). The molecule has 0 bridgehead atoms. The van der Waals surface area contributed by atoms with E-state index in [1.807, 2.05) is 0 Å². The van der Waals surface area contributed by atoms with Gasteiger partial charge >= 0.3 is 12.1 Å². The van der Waals surface area contributed by atoms with Crippen LogP contribution in [0.25, 0.3) is 0 Å². The van der Waals surface area contributed by atoms with E-state index in [-0.39, 0.29) is 38.2 Å². The van der Waals surface area contributed by atoms with Gasteiger partial charge in [-0.3, -0.25) is 9.59 Å². The summed E-state index contributed by atoms with van der Waals surface area (Å²) in [4.78, 5) is 35.0. The molecule has 0 spiro atoms. The smallest absolute Gasteiger partial charge is 0.407 e. The highest BCUT2D eigenvalue weighted by Crippen LogP contribution is 2.20. The molecule has 1 rings (SSSR count). The van der Waals surface area contributed by atoms with Crippen molar-refractivity contribution in [1.29, 1.82) is 0 Å². The van der Waals surface area contributed by atoms with Gasteiger partial charge in [-0.25, -0.2) is 4.79 Å². The summed E-state index contributed by atoms with van der Waals surface area (Å²) in [6, 6.07) is 6.18. The number of ketones is 1. The lowest BCUT2D eigenvalue weighted by Gasteiger charge is -2.21. The van der Waals surface area contributed by atoms with Crippen molar-refractivity contribution in [2.75, 3.05) is 13.2 Å². The fourth-order valence-corrected chi connectivity index (χ4v) is 2.48. The van der Waals surface area contributed by atoms with E-state index in [1.54, 1.807) is 39.8 Å². The summed E-state index contributed by atoms with van der Waals surface area (Å²) in [6.07, 6.45) is -2.68. The van der Waals surface area contributed by atoms with Gasteiger partial charge < -0.3 is 25.0 Å². The van der Waals surface area contributed by atoms with Gasteiger partial charge in [-0.2, -0.15) is 0 Å². The molecule has 0 fully saturated rings. The number of aliphatic hydroxyl groups is 2. The van der Waals surface area contributed by atoms with Crippen molar-refractivity contribution in [1.82, 2.24) is 5.32 Å². The Bertz CT molecular complexity index is 679. The predicted molar refractivity (Wildman–Crippen MR) is 106 cm³/mol. The van der Waals surface area contributed by atoms with Gasteiger partial charge in [0.25, 0.3) is 0 Å². The molecular formula is C21H31NO7. The maximum atomic E-state index is 12.1. The number of alkyl carbamates (subject to hydrolysis) is 1. The number of nitrogens with one attached hydrogen (secondary N) is 1. The number of Topliss-reactive ketones (excluding diaryl/α,β-unsaturated/α-hetero) is 1. The van der Waals surface area contributed by atoms with E-state index >= 15 is 0 Å². The minimum absolute atomic E-state index is 0.0143. The second-order valence-corrected chi connectivity index (χ2v) is 7.58. The third-order valence-electron chi connectivity index (χ3n) is 3.91. The largest absolute Gasteiger partial charge is 0.466 e. The van der Waals surface area contributed by atoms with Crippen molar-refractivity contribution in [3.63, 3.8) is 0 Å². The number of carbonyl (C=O) groups excluding carboxylic acids is 3. The molecule has 3 N–H and O–H groups in total. The average Bonchev–Trinajstić information content (AvgIpc) is 2.64. The molecule has 162 valence electrons. The van der Waals surface area contributed by atoms with E-state index < -0.39 is 29.9 Å². The summed E-state index contributed by atoms with van der Waals surface area (Å²) in [5.74, 6) is -0.628. The fourth-order valence-electron chi connectivity index (χ4n) is 2.48. The molecule has 2 unspecified atom stereocenters. The topological polar surface area (TPSA) is 122 Å². The Hall–Kier alpha value is -2.45. The first kappa shape index (κ1) is 24.6. The van der Waals surface area contributed by atoms with Gasteiger partial charge in [0.05, 0.1) is 19.1 Å². The number of hydrogen-bond acceptors (Lipinski definition) is 7. The Balaban J connectivity index is 2.49. The highest BCUT2D eigenvalue weighted by atomic mass is 16.6. The second-order valence-electron chi connectivity index (χ2n) is 7.58.